The van der Waals surface area contributed by atoms with E-state index in [4.69, 9.17) is 10.5 Å². The first kappa shape index (κ1) is 38.1. The molecule has 2 aliphatic heterocycles. The molecule has 1 unspecified atom stereocenters. The van der Waals surface area contributed by atoms with Gasteiger partial charge in [0.05, 0.1) is 27.9 Å². The summed E-state index contributed by atoms with van der Waals surface area (Å²) in [6.07, 6.45) is 3.61. The number of benzene rings is 4. The van der Waals surface area contributed by atoms with Crippen LogP contribution >= 0.6 is 0 Å². The minimum Gasteiger partial charge on any atom is -0.485 e. The lowest BCUT2D eigenvalue weighted by Gasteiger charge is -2.27. The number of nitrogens with one attached hydrogen (secondary N) is 3. The number of hydrogen-bond donors (Lipinski definition) is 4. The molecular formula is C43H38N6O8. The van der Waals surface area contributed by atoms with E-state index in [1.54, 1.807) is 12.1 Å². The van der Waals surface area contributed by atoms with Gasteiger partial charge in [0.1, 0.15) is 18.4 Å². The Morgan fingerprint density at radius 2 is 1.63 bits per heavy atom. The molecule has 0 radical (unpaired) electrons. The number of piperidine rings is 1. The van der Waals surface area contributed by atoms with Crippen molar-refractivity contribution in [2.45, 2.75) is 44.6 Å². The van der Waals surface area contributed by atoms with E-state index in [2.05, 4.69) is 20.9 Å². The Morgan fingerprint density at radius 1 is 0.860 bits per heavy atom. The van der Waals surface area contributed by atoms with E-state index in [-0.39, 0.29) is 60.0 Å². The molecule has 5 N–H and O–H groups in total. The van der Waals surface area contributed by atoms with Crippen LogP contribution in [0.15, 0.2) is 97.2 Å². The van der Waals surface area contributed by atoms with Crippen molar-refractivity contribution in [3.8, 4) is 16.9 Å². The number of imide groups is 2. The van der Waals surface area contributed by atoms with Gasteiger partial charge in [-0.1, -0.05) is 48.9 Å². The predicted octanol–water partition coefficient (Wildman–Crippen LogP) is 5.08. The van der Waals surface area contributed by atoms with Gasteiger partial charge >= 0.3 is 0 Å². The van der Waals surface area contributed by atoms with Gasteiger partial charge in [0.25, 0.3) is 23.6 Å². The SMILES string of the molecule is NC(=O)c1cnc2ccc(-c3ccc(C(=O)NCCCCCC(=O)COc4cccc5c4C(=O)N(C4CCC(=O)NC4=O)C5=O)cc3)cc2c1Nc1ccccc1. The van der Waals surface area contributed by atoms with Crippen LogP contribution in [0.4, 0.5) is 11.4 Å². The molecule has 2 aliphatic rings. The minimum atomic E-state index is -1.10. The van der Waals surface area contributed by atoms with E-state index in [0.717, 1.165) is 27.1 Å². The van der Waals surface area contributed by atoms with Crippen LogP contribution in [-0.4, -0.2) is 70.3 Å². The van der Waals surface area contributed by atoms with Gasteiger partial charge in [0.15, 0.2) is 5.78 Å². The number of aromatic nitrogens is 1. The zero-order valence-electron chi connectivity index (χ0n) is 30.7. The van der Waals surface area contributed by atoms with Crippen LogP contribution < -0.4 is 26.4 Å². The number of carbonyl (C=O) groups is 7. The molecule has 1 fully saturated rings. The summed E-state index contributed by atoms with van der Waals surface area (Å²) in [4.78, 5) is 93.3. The average Bonchev–Trinajstić information content (AvgIpc) is 3.47. The fourth-order valence-corrected chi connectivity index (χ4v) is 6.94. The van der Waals surface area contributed by atoms with Crippen molar-refractivity contribution >= 4 is 63.5 Å². The molecule has 6 amide bonds. The first-order valence-electron chi connectivity index (χ1n) is 18.5. The van der Waals surface area contributed by atoms with Gasteiger partial charge in [0, 0.05) is 42.2 Å². The monoisotopic (exact) mass is 766 g/mol. The number of rotatable bonds is 15. The largest absolute Gasteiger partial charge is 0.485 e. The van der Waals surface area contributed by atoms with Crippen molar-refractivity contribution in [1.29, 1.82) is 0 Å². The Bertz CT molecular complexity index is 2430. The normalized spacial score (nSPS) is 14.9. The molecular weight excluding hydrogens is 729 g/mol. The van der Waals surface area contributed by atoms with Crippen LogP contribution in [0.5, 0.6) is 5.75 Å². The molecule has 7 rings (SSSR count). The van der Waals surface area contributed by atoms with Gasteiger partial charge in [-0.25, -0.2) is 0 Å². The lowest BCUT2D eigenvalue weighted by atomic mass is 9.99. The van der Waals surface area contributed by atoms with Gasteiger partial charge in [-0.2, -0.15) is 0 Å². The predicted molar refractivity (Wildman–Crippen MR) is 210 cm³/mol. The van der Waals surface area contributed by atoms with E-state index in [1.807, 2.05) is 60.7 Å². The fraction of sp³-hybridized carbons (Fsp3) is 0.209. The summed E-state index contributed by atoms with van der Waals surface area (Å²) in [5.41, 5.74) is 10.3. The first-order chi connectivity index (χ1) is 27.6. The maximum Gasteiger partial charge on any atom is 0.266 e. The van der Waals surface area contributed by atoms with Gasteiger partial charge < -0.3 is 21.1 Å². The maximum absolute atomic E-state index is 13.2. The summed E-state index contributed by atoms with van der Waals surface area (Å²) in [7, 11) is 0. The summed E-state index contributed by atoms with van der Waals surface area (Å²) in [5.74, 6) is -3.49. The van der Waals surface area contributed by atoms with Crippen LogP contribution in [0, 0.1) is 0 Å². The second kappa shape index (κ2) is 16.7. The molecule has 1 saturated heterocycles. The number of fused-ring (bicyclic) bond motifs is 2. The lowest BCUT2D eigenvalue weighted by Crippen LogP contribution is -2.54. The fourth-order valence-electron chi connectivity index (χ4n) is 6.94. The number of nitrogens with two attached hydrogens (primary N) is 1. The smallest absolute Gasteiger partial charge is 0.266 e. The Hall–Kier alpha value is -7.22. The molecule has 1 aromatic heterocycles. The van der Waals surface area contributed by atoms with Crippen molar-refractivity contribution in [3.05, 3.63) is 119 Å². The number of para-hydroxylation sites is 1. The zero-order chi connectivity index (χ0) is 40.1. The van der Waals surface area contributed by atoms with Crippen molar-refractivity contribution in [1.82, 2.24) is 20.5 Å². The second-order valence-electron chi connectivity index (χ2n) is 13.7. The molecule has 4 aromatic carbocycles. The third-order valence-electron chi connectivity index (χ3n) is 9.89. The summed E-state index contributed by atoms with van der Waals surface area (Å²) < 4.78 is 5.68. The quantitative estimate of drug-likeness (QED) is 0.0821. The summed E-state index contributed by atoms with van der Waals surface area (Å²) in [6, 6.07) is 25.7. The summed E-state index contributed by atoms with van der Waals surface area (Å²) in [5, 5.41) is 9.11. The number of unbranched alkanes of at least 4 members (excludes halogenated alkanes) is 2. The number of Topliss-reactive ketones (excluding diaryl/α,β-unsaturated/α-hetero) is 1. The molecule has 14 heteroatoms. The minimum absolute atomic E-state index is 0.00735. The number of pyridine rings is 1. The molecule has 0 bridgehead atoms. The number of ketones is 1. The molecule has 288 valence electrons. The third-order valence-corrected chi connectivity index (χ3v) is 9.89. The van der Waals surface area contributed by atoms with Crippen LogP contribution in [0.3, 0.4) is 0 Å². The van der Waals surface area contributed by atoms with E-state index in [1.165, 1.54) is 24.4 Å². The number of primary amides is 1. The van der Waals surface area contributed by atoms with Crippen molar-refractivity contribution in [2.24, 2.45) is 5.73 Å². The number of amides is 6. The van der Waals surface area contributed by atoms with Crippen LogP contribution in [0.1, 0.15) is 80.0 Å². The van der Waals surface area contributed by atoms with Crippen LogP contribution in [0.2, 0.25) is 0 Å². The Kier molecular flexibility index (Phi) is 11.1. The van der Waals surface area contributed by atoms with Gasteiger partial charge in [-0.3, -0.25) is 48.8 Å². The van der Waals surface area contributed by atoms with Crippen molar-refractivity contribution < 1.29 is 38.3 Å². The molecule has 1 atom stereocenters. The highest BCUT2D eigenvalue weighted by Crippen LogP contribution is 2.35. The summed E-state index contributed by atoms with van der Waals surface area (Å²) in [6.45, 7) is 0.109. The number of nitrogens with zero attached hydrogens (tertiary/aromatic N) is 2. The summed E-state index contributed by atoms with van der Waals surface area (Å²) >= 11 is 0. The number of ether oxygens (including phenoxy) is 1. The Balaban J connectivity index is 0.873. The standard InChI is InChI=1S/C43H38N6O8/c44-39(52)32-23-46-33-18-17-27(22-31(33)38(32)47-28-8-3-1-4-9-28)25-13-15-26(16-14-25)40(53)45-21-6-2-5-10-29(50)24-57-35-12-7-11-30-37(35)43(56)49(42(30)55)34-19-20-36(51)48-41(34)54/h1,3-4,7-9,11-18,22-23,34H,2,5-6,10,19-21,24H2,(H2,44,52)(H,45,53)(H,46,47)(H,48,51,54). The van der Waals surface area contributed by atoms with E-state index < -0.39 is 35.6 Å². The van der Waals surface area contributed by atoms with Crippen LogP contribution in [-0.2, 0) is 14.4 Å². The molecule has 0 saturated carbocycles. The number of carbonyl (C=O) groups excluding carboxylic acids is 7. The van der Waals surface area contributed by atoms with Crippen molar-refractivity contribution in [3.63, 3.8) is 0 Å². The number of hydrogen-bond acceptors (Lipinski definition) is 10. The van der Waals surface area contributed by atoms with Crippen molar-refractivity contribution in [2.75, 3.05) is 18.5 Å². The third kappa shape index (κ3) is 8.25. The topological polar surface area (TPSA) is 207 Å². The molecule has 3 heterocycles. The lowest BCUT2D eigenvalue weighted by molar-refractivity contribution is -0.136. The van der Waals surface area contributed by atoms with Gasteiger partial charge in [-0.15, -0.1) is 0 Å². The van der Waals surface area contributed by atoms with Crippen LogP contribution in [0.25, 0.3) is 22.0 Å². The Labute approximate surface area is 326 Å². The van der Waals surface area contributed by atoms with E-state index >= 15 is 0 Å². The van der Waals surface area contributed by atoms with E-state index in [9.17, 15) is 33.6 Å². The maximum atomic E-state index is 13.2. The average molecular weight is 767 g/mol. The molecule has 0 aliphatic carbocycles. The molecule has 5 aromatic rings. The Morgan fingerprint density at radius 3 is 2.39 bits per heavy atom. The number of anilines is 2. The van der Waals surface area contributed by atoms with Gasteiger partial charge in [-0.05, 0) is 78.9 Å². The molecule has 57 heavy (non-hydrogen) atoms. The highest BCUT2D eigenvalue weighted by molar-refractivity contribution is 6.24. The van der Waals surface area contributed by atoms with E-state index in [0.29, 0.717) is 42.6 Å². The first-order valence-corrected chi connectivity index (χ1v) is 18.5. The second-order valence-corrected chi connectivity index (χ2v) is 13.7. The molecule has 14 nitrogen and oxygen atoms in total. The highest BCUT2D eigenvalue weighted by atomic mass is 16.5. The molecule has 0 spiro atoms. The zero-order valence-corrected chi connectivity index (χ0v) is 30.7. The highest BCUT2D eigenvalue weighted by Gasteiger charge is 2.46. The van der Waals surface area contributed by atoms with Gasteiger partial charge in [0.2, 0.25) is 11.8 Å².